The molecule has 1 aromatic heterocycles. The largest absolute Gasteiger partial charge is 0.369 e. The number of nitrogens with two attached hydrogens (primary N) is 2. The summed E-state index contributed by atoms with van der Waals surface area (Å²) in [6.45, 7) is 1.30. The van der Waals surface area contributed by atoms with Crippen molar-refractivity contribution in [2.75, 3.05) is 18.8 Å². The number of nitrogen functional groups attached to an aromatic ring is 1. The Morgan fingerprint density at radius 3 is 2.54 bits per heavy atom. The summed E-state index contributed by atoms with van der Waals surface area (Å²) in [5.74, 6) is -0.0299. The minimum absolute atomic E-state index is 0. The molecule has 5 N–H and O–H groups in total. The predicted octanol–water partition coefficient (Wildman–Crippen LogP) is 0.283. The first-order valence-electron chi connectivity index (χ1n) is 9.26. The molecule has 0 unspecified atom stereocenters. The Morgan fingerprint density at radius 1 is 1.21 bits per heavy atom. The van der Waals surface area contributed by atoms with E-state index < -0.39 is 0 Å². The lowest BCUT2D eigenvalue weighted by molar-refractivity contribution is -0.138. The number of H-pyrrole nitrogens is 1. The molecule has 8 nitrogen and oxygen atoms in total. The maximum Gasteiger partial charge on any atom is 0.255 e. The number of halogens is 2. The van der Waals surface area contributed by atoms with Crippen molar-refractivity contribution in [1.29, 1.82) is 0 Å². The number of likely N-dealkylation sites (tertiary alicyclic amines) is 1. The highest BCUT2D eigenvalue weighted by Gasteiger charge is 2.51. The van der Waals surface area contributed by atoms with Crippen LogP contribution in [0.5, 0.6) is 0 Å². The number of rotatable bonds is 1. The molecular formula is C18H25Cl2N5O3. The second-order valence-electron chi connectivity index (χ2n) is 7.94. The Labute approximate surface area is 174 Å². The van der Waals surface area contributed by atoms with Gasteiger partial charge in [-0.2, -0.15) is 0 Å². The first kappa shape index (κ1) is 21.1. The number of amides is 1. The summed E-state index contributed by atoms with van der Waals surface area (Å²) in [6, 6.07) is -0.263. The third kappa shape index (κ3) is 2.94. The predicted molar refractivity (Wildman–Crippen MR) is 109 cm³/mol. The zero-order valence-electron chi connectivity index (χ0n) is 15.3. The van der Waals surface area contributed by atoms with Crippen molar-refractivity contribution in [2.45, 2.75) is 49.3 Å². The second kappa shape index (κ2) is 7.33. The van der Waals surface area contributed by atoms with Crippen molar-refractivity contribution in [1.82, 2.24) is 14.9 Å². The van der Waals surface area contributed by atoms with E-state index in [0.29, 0.717) is 13.1 Å². The number of ether oxygens (including phenoxy) is 1. The van der Waals surface area contributed by atoms with Crippen molar-refractivity contribution in [3.05, 3.63) is 33.8 Å². The van der Waals surface area contributed by atoms with Crippen molar-refractivity contribution >= 4 is 36.7 Å². The fraction of sp³-hybridized carbons (Fsp3) is 0.611. The highest BCUT2D eigenvalue weighted by Crippen LogP contribution is 2.45. The van der Waals surface area contributed by atoms with Crippen LogP contribution in [0.25, 0.3) is 0 Å². The number of fused-ring (bicyclic) bond motifs is 4. The van der Waals surface area contributed by atoms with Gasteiger partial charge in [-0.05, 0) is 25.7 Å². The summed E-state index contributed by atoms with van der Waals surface area (Å²) < 4.78 is 5.73. The van der Waals surface area contributed by atoms with Crippen LogP contribution in [0.15, 0.2) is 16.9 Å². The summed E-state index contributed by atoms with van der Waals surface area (Å²) in [5, 5.41) is 0. The molecule has 2 bridgehead atoms. The molecular weight excluding hydrogens is 405 g/mol. The number of carbonyl (C=O) groups is 1. The lowest BCUT2D eigenvalue weighted by atomic mass is 9.75. The van der Waals surface area contributed by atoms with Crippen LogP contribution in [0, 0.1) is 5.92 Å². The molecule has 10 heteroatoms. The molecule has 0 aromatic carbocycles. The normalized spacial score (nSPS) is 31.4. The van der Waals surface area contributed by atoms with E-state index in [2.05, 4.69) is 9.97 Å². The van der Waals surface area contributed by atoms with E-state index >= 15 is 0 Å². The standard InChI is InChI=1S/C18H23N5O3.2ClH/c19-13-11-2-1-10(26-11)12(13)16(25)23-7-5-18(6-8-23)4-3-9-14(18)21-17(20)22-15(9)24;;/h1-2,10-13H,3-8,19H2,(H3,20,21,22,24);2*1H/t10-,11+,12-,13+;;/m1../s1. The maximum absolute atomic E-state index is 13.0. The summed E-state index contributed by atoms with van der Waals surface area (Å²) in [6.07, 6.45) is 6.80. The highest BCUT2D eigenvalue weighted by molar-refractivity contribution is 5.85. The highest BCUT2D eigenvalue weighted by atomic mass is 35.5. The van der Waals surface area contributed by atoms with Crippen LogP contribution in [0.3, 0.4) is 0 Å². The number of carbonyl (C=O) groups excluding carboxylic acids is 1. The number of nitrogens with one attached hydrogen (secondary N) is 1. The second-order valence-corrected chi connectivity index (χ2v) is 7.94. The van der Waals surface area contributed by atoms with E-state index in [1.165, 1.54) is 0 Å². The van der Waals surface area contributed by atoms with Crippen molar-refractivity contribution in [3.63, 3.8) is 0 Å². The Hall–Kier alpha value is -1.61. The van der Waals surface area contributed by atoms with Gasteiger partial charge in [-0.15, -0.1) is 24.8 Å². The lowest BCUT2D eigenvalue weighted by Crippen LogP contribution is -2.52. The van der Waals surface area contributed by atoms with E-state index in [-0.39, 0.29) is 71.8 Å². The number of hydrogen-bond acceptors (Lipinski definition) is 6. The van der Waals surface area contributed by atoms with Gasteiger partial charge in [0.1, 0.15) is 0 Å². The van der Waals surface area contributed by atoms with Gasteiger partial charge in [-0.1, -0.05) is 12.2 Å². The molecule has 1 aliphatic carbocycles. The molecule has 0 saturated carbocycles. The summed E-state index contributed by atoms with van der Waals surface area (Å²) >= 11 is 0. The number of aromatic amines is 1. The van der Waals surface area contributed by atoms with E-state index in [1.807, 2.05) is 17.1 Å². The van der Waals surface area contributed by atoms with Gasteiger partial charge in [0.15, 0.2) is 0 Å². The van der Waals surface area contributed by atoms with Gasteiger partial charge in [0.2, 0.25) is 11.9 Å². The Kier molecular flexibility index (Phi) is 5.53. The van der Waals surface area contributed by atoms with Crippen molar-refractivity contribution in [3.8, 4) is 0 Å². The number of nitrogens with zero attached hydrogens (tertiary/aromatic N) is 2. The van der Waals surface area contributed by atoms with Gasteiger partial charge in [-0.3, -0.25) is 14.6 Å². The Morgan fingerprint density at radius 2 is 1.89 bits per heavy atom. The third-order valence-electron chi connectivity index (χ3n) is 6.66. The molecule has 1 spiro atoms. The topological polar surface area (TPSA) is 127 Å². The van der Waals surface area contributed by atoms with E-state index in [4.69, 9.17) is 16.2 Å². The molecule has 5 rings (SSSR count). The Balaban J connectivity index is 0.00000112. The van der Waals surface area contributed by atoms with Gasteiger partial charge < -0.3 is 21.1 Å². The molecule has 154 valence electrons. The first-order chi connectivity index (χ1) is 12.5. The van der Waals surface area contributed by atoms with Crippen LogP contribution in [0.4, 0.5) is 5.95 Å². The number of aromatic nitrogens is 2. The van der Waals surface area contributed by atoms with Crippen LogP contribution in [-0.2, 0) is 21.4 Å². The zero-order chi connectivity index (χ0) is 18.1. The van der Waals surface area contributed by atoms with Gasteiger partial charge in [-0.25, -0.2) is 4.98 Å². The van der Waals surface area contributed by atoms with E-state index in [1.54, 1.807) is 0 Å². The number of anilines is 1. The third-order valence-corrected chi connectivity index (χ3v) is 6.66. The number of piperidine rings is 1. The minimum Gasteiger partial charge on any atom is -0.369 e. The fourth-order valence-corrected chi connectivity index (χ4v) is 5.16. The summed E-state index contributed by atoms with van der Waals surface area (Å²) in [5.41, 5.74) is 13.3. The smallest absolute Gasteiger partial charge is 0.255 e. The van der Waals surface area contributed by atoms with E-state index in [0.717, 1.165) is 36.9 Å². The zero-order valence-corrected chi connectivity index (χ0v) is 16.9. The van der Waals surface area contributed by atoms with Gasteiger partial charge in [0, 0.05) is 30.1 Å². The molecule has 4 atom stereocenters. The first-order valence-corrected chi connectivity index (χ1v) is 9.26. The molecule has 4 heterocycles. The molecule has 2 saturated heterocycles. The van der Waals surface area contributed by atoms with Crippen molar-refractivity contribution < 1.29 is 9.53 Å². The van der Waals surface area contributed by atoms with Gasteiger partial charge >= 0.3 is 0 Å². The molecule has 0 radical (unpaired) electrons. The SMILES string of the molecule is Cl.Cl.Nc1nc2c(c(=O)[nH]1)CCC21CCN(C(=O)[C@H]2[C@@H](N)[C@@H]3C=C[C@H]2O3)CC1. The van der Waals surface area contributed by atoms with Crippen LogP contribution in [-0.4, -0.2) is 52.1 Å². The van der Waals surface area contributed by atoms with Crippen LogP contribution >= 0.6 is 24.8 Å². The van der Waals surface area contributed by atoms with Crippen LogP contribution in [0.2, 0.25) is 0 Å². The van der Waals surface area contributed by atoms with Gasteiger partial charge in [0.25, 0.3) is 5.56 Å². The van der Waals surface area contributed by atoms with Gasteiger partial charge in [0.05, 0.1) is 23.8 Å². The van der Waals surface area contributed by atoms with E-state index in [9.17, 15) is 9.59 Å². The molecule has 1 aromatic rings. The quantitative estimate of drug-likeness (QED) is 0.550. The molecule has 1 amide bonds. The van der Waals surface area contributed by atoms with Crippen LogP contribution < -0.4 is 17.0 Å². The van der Waals surface area contributed by atoms with Crippen LogP contribution in [0.1, 0.15) is 30.5 Å². The molecule has 28 heavy (non-hydrogen) atoms. The average molecular weight is 430 g/mol. The summed E-state index contributed by atoms with van der Waals surface area (Å²) in [4.78, 5) is 34.1. The molecule has 3 aliphatic heterocycles. The molecule has 4 aliphatic rings. The Bertz CT molecular complexity index is 865. The average Bonchev–Trinajstić information content (AvgIpc) is 3.30. The maximum atomic E-state index is 13.0. The monoisotopic (exact) mass is 429 g/mol. The molecule has 2 fully saturated rings. The lowest BCUT2D eigenvalue weighted by Gasteiger charge is -2.41. The summed E-state index contributed by atoms with van der Waals surface area (Å²) in [7, 11) is 0. The van der Waals surface area contributed by atoms with Crippen molar-refractivity contribution in [2.24, 2.45) is 11.7 Å². The minimum atomic E-state index is -0.286. The number of hydrogen-bond donors (Lipinski definition) is 3. The fourth-order valence-electron chi connectivity index (χ4n) is 5.16.